The molecule has 0 heterocycles. The molecule has 1 aromatic carbocycles. The molecule has 14 heavy (non-hydrogen) atoms. The molecular formula is C12H17NO. The Morgan fingerprint density at radius 2 is 2.29 bits per heavy atom. The molecule has 0 fully saturated rings. The number of rotatable bonds is 3. The minimum Gasteiger partial charge on any atom is -0.508 e. The summed E-state index contributed by atoms with van der Waals surface area (Å²) in [5.74, 6) is 1.14. The number of benzene rings is 1. The van der Waals surface area contributed by atoms with Gasteiger partial charge in [-0.15, -0.1) is 0 Å². The van der Waals surface area contributed by atoms with Crippen LogP contribution in [0.1, 0.15) is 18.1 Å². The summed E-state index contributed by atoms with van der Waals surface area (Å²) in [5, 5.41) is 13.0. The van der Waals surface area contributed by atoms with E-state index in [0.717, 1.165) is 31.5 Å². The highest BCUT2D eigenvalue weighted by Gasteiger charge is 2.22. The first-order valence-corrected chi connectivity index (χ1v) is 5.31. The lowest BCUT2D eigenvalue weighted by atomic mass is 10.1. The van der Waals surface area contributed by atoms with Crippen LogP contribution in [-0.2, 0) is 12.8 Å². The first kappa shape index (κ1) is 9.53. The molecule has 0 aromatic heterocycles. The van der Waals surface area contributed by atoms with Crippen LogP contribution >= 0.6 is 0 Å². The van der Waals surface area contributed by atoms with Crippen LogP contribution in [-0.4, -0.2) is 18.2 Å². The standard InChI is InChI=1S/C12H17NO/c1-2-13-8-9-6-10-4-3-5-12(14)11(10)7-9/h3-5,9,13-14H,2,6-8H2,1H3. The molecule has 0 aliphatic heterocycles. The summed E-state index contributed by atoms with van der Waals surface area (Å²) in [6, 6.07) is 5.85. The highest BCUT2D eigenvalue weighted by molar-refractivity contribution is 5.42. The van der Waals surface area contributed by atoms with Crippen LogP contribution in [0.5, 0.6) is 5.75 Å². The van der Waals surface area contributed by atoms with Crippen LogP contribution in [0.15, 0.2) is 18.2 Å². The van der Waals surface area contributed by atoms with Gasteiger partial charge in [0.05, 0.1) is 0 Å². The summed E-state index contributed by atoms with van der Waals surface area (Å²) in [5.41, 5.74) is 2.49. The fraction of sp³-hybridized carbons (Fsp3) is 0.500. The van der Waals surface area contributed by atoms with Crippen LogP contribution in [0.25, 0.3) is 0 Å². The Hall–Kier alpha value is -1.02. The molecule has 1 atom stereocenters. The highest BCUT2D eigenvalue weighted by Crippen LogP contribution is 2.32. The predicted molar refractivity (Wildman–Crippen MR) is 57.5 cm³/mol. The molecule has 1 unspecified atom stereocenters. The summed E-state index contributed by atoms with van der Waals surface area (Å²) in [4.78, 5) is 0. The molecular weight excluding hydrogens is 174 g/mol. The lowest BCUT2D eigenvalue weighted by Crippen LogP contribution is -2.22. The van der Waals surface area contributed by atoms with Gasteiger partial charge in [0.1, 0.15) is 5.75 Å². The average Bonchev–Trinajstić information content (AvgIpc) is 2.59. The minimum atomic E-state index is 0.474. The first-order valence-electron chi connectivity index (χ1n) is 5.31. The van der Waals surface area contributed by atoms with E-state index in [1.54, 1.807) is 6.07 Å². The van der Waals surface area contributed by atoms with Crippen molar-refractivity contribution in [1.82, 2.24) is 5.32 Å². The molecule has 2 nitrogen and oxygen atoms in total. The summed E-state index contributed by atoms with van der Waals surface area (Å²) >= 11 is 0. The van der Waals surface area contributed by atoms with Gasteiger partial charge in [-0.3, -0.25) is 0 Å². The highest BCUT2D eigenvalue weighted by atomic mass is 16.3. The van der Waals surface area contributed by atoms with Gasteiger partial charge in [-0.05, 0) is 49.0 Å². The van der Waals surface area contributed by atoms with Gasteiger partial charge < -0.3 is 10.4 Å². The third kappa shape index (κ3) is 1.75. The summed E-state index contributed by atoms with van der Waals surface area (Å²) in [6.07, 6.45) is 2.13. The third-order valence-corrected chi connectivity index (χ3v) is 2.93. The number of nitrogens with one attached hydrogen (secondary N) is 1. The Kier molecular flexibility index (Phi) is 2.73. The number of hydrogen-bond donors (Lipinski definition) is 2. The van der Waals surface area contributed by atoms with Crippen molar-refractivity contribution in [2.75, 3.05) is 13.1 Å². The molecule has 1 aliphatic carbocycles. The van der Waals surface area contributed by atoms with Crippen molar-refractivity contribution < 1.29 is 5.11 Å². The Morgan fingerprint density at radius 1 is 1.43 bits per heavy atom. The van der Waals surface area contributed by atoms with E-state index >= 15 is 0 Å². The maximum absolute atomic E-state index is 9.65. The third-order valence-electron chi connectivity index (χ3n) is 2.93. The molecule has 1 aliphatic rings. The Balaban J connectivity index is 2.06. The van der Waals surface area contributed by atoms with Gasteiger partial charge in [0.15, 0.2) is 0 Å². The maximum Gasteiger partial charge on any atom is 0.119 e. The quantitative estimate of drug-likeness (QED) is 0.762. The summed E-state index contributed by atoms with van der Waals surface area (Å²) in [7, 11) is 0. The topological polar surface area (TPSA) is 32.3 Å². The largest absolute Gasteiger partial charge is 0.508 e. The Bertz CT molecular complexity index is 322. The smallest absolute Gasteiger partial charge is 0.119 e. The van der Waals surface area contributed by atoms with Gasteiger partial charge in [-0.2, -0.15) is 0 Å². The second-order valence-corrected chi connectivity index (χ2v) is 4.00. The van der Waals surface area contributed by atoms with E-state index in [1.165, 1.54) is 5.56 Å². The molecule has 76 valence electrons. The van der Waals surface area contributed by atoms with Crippen molar-refractivity contribution in [3.8, 4) is 5.75 Å². The number of hydrogen-bond acceptors (Lipinski definition) is 2. The summed E-state index contributed by atoms with van der Waals surface area (Å²) < 4.78 is 0. The predicted octanol–water partition coefficient (Wildman–Crippen LogP) is 1.72. The van der Waals surface area contributed by atoms with E-state index in [2.05, 4.69) is 18.3 Å². The molecule has 0 radical (unpaired) electrons. The molecule has 0 spiro atoms. The van der Waals surface area contributed by atoms with Crippen molar-refractivity contribution in [3.05, 3.63) is 29.3 Å². The molecule has 0 amide bonds. The van der Waals surface area contributed by atoms with Crippen LogP contribution in [0.2, 0.25) is 0 Å². The maximum atomic E-state index is 9.65. The second-order valence-electron chi connectivity index (χ2n) is 4.00. The van der Waals surface area contributed by atoms with Crippen LogP contribution in [0.3, 0.4) is 0 Å². The van der Waals surface area contributed by atoms with Crippen LogP contribution < -0.4 is 5.32 Å². The van der Waals surface area contributed by atoms with E-state index in [9.17, 15) is 5.11 Å². The van der Waals surface area contributed by atoms with Gasteiger partial charge in [0, 0.05) is 0 Å². The number of phenols is 1. The molecule has 0 saturated carbocycles. The average molecular weight is 191 g/mol. The van der Waals surface area contributed by atoms with Gasteiger partial charge in [-0.1, -0.05) is 19.1 Å². The molecule has 1 aromatic rings. The summed E-state index contributed by atoms with van der Waals surface area (Å²) in [6.45, 7) is 4.21. The molecule has 2 rings (SSSR count). The minimum absolute atomic E-state index is 0.474. The normalized spacial score (nSPS) is 19.6. The molecule has 0 saturated heterocycles. The monoisotopic (exact) mass is 191 g/mol. The fourth-order valence-corrected chi connectivity index (χ4v) is 2.21. The lowest BCUT2D eigenvalue weighted by Gasteiger charge is -2.08. The molecule has 0 bridgehead atoms. The van der Waals surface area contributed by atoms with Crippen molar-refractivity contribution in [3.63, 3.8) is 0 Å². The van der Waals surface area contributed by atoms with E-state index in [-0.39, 0.29) is 0 Å². The van der Waals surface area contributed by atoms with Gasteiger partial charge in [0.25, 0.3) is 0 Å². The van der Waals surface area contributed by atoms with Crippen molar-refractivity contribution in [1.29, 1.82) is 0 Å². The van der Waals surface area contributed by atoms with Crippen LogP contribution in [0, 0.1) is 5.92 Å². The molecule has 2 heteroatoms. The first-order chi connectivity index (χ1) is 6.81. The van der Waals surface area contributed by atoms with Crippen molar-refractivity contribution in [2.45, 2.75) is 19.8 Å². The zero-order valence-electron chi connectivity index (χ0n) is 8.59. The number of aromatic hydroxyl groups is 1. The zero-order chi connectivity index (χ0) is 9.97. The fourth-order valence-electron chi connectivity index (χ4n) is 2.21. The van der Waals surface area contributed by atoms with Crippen LogP contribution in [0.4, 0.5) is 0 Å². The van der Waals surface area contributed by atoms with Gasteiger partial charge >= 0.3 is 0 Å². The number of fused-ring (bicyclic) bond motifs is 1. The van der Waals surface area contributed by atoms with Gasteiger partial charge in [0.2, 0.25) is 0 Å². The van der Waals surface area contributed by atoms with E-state index in [1.807, 2.05) is 6.07 Å². The van der Waals surface area contributed by atoms with Crippen molar-refractivity contribution in [2.24, 2.45) is 5.92 Å². The SMILES string of the molecule is CCNCC1Cc2cccc(O)c2C1. The molecule has 2 N–H and O–H groups in total. The van der Waals surface area contributed by atoms with E-state index in [4.69, 9.17) is 0 Å². The van der Waals surface area contributed by atoms with E-state index < -0.39 is 0 Å². The van der Waals surface area contributed by atoms with E-state index in [0.29, 0.717) is 11.7 Å². The van der Waals surface area contributed by atoms with Gasteiger partial charge in [-0.25, -0.2) is 0 Å². The number of phenolic OH excluding ortho intramolecular Hbond substituents is 1. The zero-order valence-corrected chi connectivity index (χ0v) is 8.59. The Labute approximate surface area is 85.0 Å². The lowest BCUT2D eigenvalue weighted by molar-refractivity contribution is 0.461. The second kappa shape index (κ2) is 4.01. The van der Waals surface area contributed by atoms with Crippen molar-refractivity contribution >= 4 is 0 Å². The Morgan fingerprint density at radius 3 is 3.00 bits per heavy atom.